The van der Waals surface area contributed by atoms with Crippen LogP contribution < -0.4 is 10.6 Å². The highest BCUT2D eigenvalue weighted by molar-refractivity contribution is 6.06. The summed E-state index contributed by atoms with van der Waals surface area (Å²) in [6, 6.07) is 1.96. The van der Waals surface area contributed by atoms with Crippen molar-refractivity contribution in [3.8, 4) is 0 Å². The number of rotatable bonds is 3. The van der Waals surface area contributed by atoms with Crippen molar-refractivity contribution in [1.29, 1.82) is 0 Å². The number of fused-ring (bicyclic) bond motifs is 1. The Morgan fingerprint density at radius 3 is 2.96 bits per heavy atom. The lowest BCUT2D eigenvalue weighted by Crippen LogP contribution is -2.50. The molecule has 0 bridgehead atoms. The highest BCUT2D eigenvalue weighted by Crippen LogP contribution is 2.27. The standard InChI is InChI=1S/C17H24N4O2/c1-9(2)15-14-12(7-11(4)19-17(14)23-21-15)16(22)20-13-8-18-6-5-10(13)3/h7,9-10,13,18H,5-6,8H2,1-4H3,(H,20,22). The van der Waals surface area contributed by atoms with Crippen molar-refractivity contribution in [2.75, 3.05) is 13.1 Å². The van der Waals surface area contributed by atoms with E-state index in [2.05, 4.69) is 27.7 Å². The minimum absolute atomic E-state index is 0.0776. The van der Waals surface area contributed by atoms with Crippen LogP contribution in [0.5, 0.6) is 0 Å². The van der Waals surface area contributed by atoms with Gasteiger partial charge in [-0.15, -0.1) is 0 Å². The molecule has 1 fully saturated rings. The molecule has 0 radical (unpaired) electrons. The summed E-state index contributed by atoms with van der Waals surface area (Å²) in [6.07, 6.45) is 1.07. The lowest BCUT2D eigenvalue weighted by Gasteiger charge is -2.30. The predicted octanol–water partition coefficient (Wildman–Crippen LogP) is 2.38. The van der Waals surface area contributed by atoms with Gasteiger partial charge in [0, 0.05) is 18.3 Å². The zero-order valence-electron chi connectivity index (χ0n) is 14.1. The zero-order chi connectivity index (χ0) is 16.6. The van der Waals surface area contributed by atoms with Crippen molar-refractivity contribution in [2.45, 2.75) is 46.1 Å². The number of aromatic nitrogens is 2. The Labute approximate surface area is 136 Å². The molecule has 3 heterocycles. The third-order valence-electron chi connectivity index (χ3n) is 4.54. The van der Waals surface area contributed by atoms with E-state index in [1.165, 1.54) is 0 Å². The molecule has 2 N–H and O–H groups in total. The molecule has 2 aromatic rings. The Bertz CT molecular complexity index is 723. The fourth-order valence-corrected chi connectivity index (χ4v) is 3.10. The van der Waals surface area contributed by atoms with Crippen LogP contribution in [0.4, 0.5) is 0 Å². The van der Waals surface area contributed by atoms with Gasteiger partial charge in [-0.3, -0.25) is 4.79 Å². The number of nitrogens with zero attached hydrogens (tertiary/aromatic N) is 2. The lowest BCUT2D eigenvalue weighted by atomic mass is 9.94. The molecular weight excluding hydrogens is 292 g/mol. The highest BCUT2D eigenvalue weighted by Gasteiger charge is 2.26. The third kappa shape index (κ3) is 3.08. The molecule has 124 valence electrons. The molecule has 0 aliphatic carbocycles. The second-order valence-corrected chi connectivity index (χ2v) is 6.76. The van der Waals surface area contributed by atoms with E-state index in [-0.39, 0.29) is 17.9 Å². The van der Waals surface area contributed by atoms with Gasteiger partial charge >= 0.3 is 0 Å². The van der Waals surface area contributed by atoms with Crippen molar-refractivity contribution in [3.63, 3.8) is 0 Å². The first-order chi connectivity index (χ1) is 11.0. The fourth-order valence-electron chi connectivity index (χ4n) is 3.10. The largest absolute Gasteiger partial charge is 0.348 e. The van der Waals surface area contributed by atoms with Gasteiger partial charge in [-0.25, -0.2) is 4.98 Å². The van der Waals surface area contributed by atoms with E-state index in [1.54, 1.807) is 0 Å². The third-order valence-corrected chi connectivity index (χ3v) is 4.54. The molecule has 3 rings (SSSR count). The Hall–Kier alpha value is -1.95. The van der Waals surface area contributed by atoms with Gasteiger partial charge in [0.25, 0.3) is 11.6 Å². The summed E-state index contributed by atoms with van der Waals surface area (Å²) in [7, 11) is 0. The molecule has 2 aromatic heterocycles. The van der Waals surface area contributed by atoms with E-state index in [4.69, 9.17) is 4.52 Å². The van der Waals surface area contributed by atoms with E-state index >= 15 is 0 Å². The van der Waals surface area contributed by atoms with E-state index < -0.39 is 0 Å². The number of carbonyl (C=O) groups excluding carboxylic acids is 1. The predicted molar refractivity (Wildman–Crippen MR) is 88.5 cm³/mol. The first-order valence-electron chi connectivity index (χ1n) is 8.26. The fraction of sp³-hybridized carbons (Fsp3) is 0.588. The number of hydrogen-bond acceptors (Lipinski definition) is 5. The summed E-state index contributed by atoms with van der Waals surface area (Å²) in [5.41, 5.74) is 2.58. The van der Waals surface area contributed by atoms with Crippen LogP contribution in [0.2, 0.25) is 0 Å². The van der Waals surface area contributed by atoms with Gasteiger partial charge in [0.05, 0.1) is 16.6 Å². The molecule has 2 unspecified atom stereocenters. The minimum Gasteiger partial charge on any atom is -0.348 e. The van der Waals surface area contributed by atoms with E-state index in [1.807, 2.05) is 26.8 Å². The maximum atomic E-state index is 12.9. The van der Waals surface area contributed by atoms with Gasteiger partial charge in [-0.2, -0.15) is 0 Å². The van der Waals surface area contributed by atoms with Crippen LogP contribution in [0.15, 0.2) is 10.6 Å². The monoisotopic (exact) mass is 316 g/mol. The molecule has 2 atom stereocenters. The Balaban J connectivity index is 1.97. The minimum atomic E-state index is -0.0776. The molecule has 6 heteroatoms. The molecule has 1 aliphatic heterocycles. The molecule has 23 heavy (non-hydrogen) atoms. The van der Waals surface area contributed by atoms with Gasteiger partial charge in [-0.05, 0) is 37.8 Å². The smallest absolute Gasteiger partial charge is 0.259 e. The Kier molecular flexibility index (Phi) is 4.35. The number of carbonyl (C=O) groups is 1. The van der Waals surface area contributed by atoms with Crippen molar-refractivity contribution in [3.05, 3.63) is 23.0 Å². The summed E-state index contributed by atoms with van der Waals surface area (Å²) in [6.45, 7) is 9.92. The van der Waals surface area contributed by atoms with Crippen LogP contribution in [-0.4, -0.2) is 35.2 Å². The van der Waals surface area contributed by atoms with Crippen molar-refractivity contribution in [1.82, 2.24) is 20.8 Å². The van der Waals surface area contributed by atoms with Crippen LogP contribution in [0, 0.1) is 12.8 Å². The first kappa shape index (κ1) is 15.9. The van der Waals surface area contributed by atoms with Crippen LogP contribution in [-0.2, 0) is 0 Å². The average Bonchev–Trinajstić information content (AvgIpc) is 2.92. The molecule has 0 spiro atoms. The molecular formula is C17H24N4O2. The molecule has 1 saturated heterocycles. The number of pyridine rings is 1. The van der Waals surface area contributed by atoms with Crippen LogP contribution in [0.1, 0.15) is 54.9 Å². The summed E-state index contributed by atoms with van der Waals surface area (Å²) in [4.78, 5) is 17.2. The summed E-state index contributed by atoms with van der Waals surface area (Å²) in [5.74, 6) is 0.555. The molecule has 0 saturated carbocycles. The second kappa shape index (κ2) is 6.28. The molecule has 6 nitrogen and oxygen atoms in total. The Morgan fingerprint density at radius 1 is 1.48 bits per heavy atom. The van der Waals surface area contributed by atoms with Crippen molar-refractivity contribution < 1.29 is 9.32 Å². The number of amides is 1. The van der Waals surface area contributed by atoms with E-state index in [0.717, 1.165) is 36.3 Å². The Morgan fingerprint density at radius 2 is 2.26 bits per heavy atom. The lowest BCUT2D eigenvalue weighted by molar-refractivity contribution is 0.0916. The number of nitrogens with one attached hydrogen (secondary N) is 2. The normalized spacial score (nSPS) is 21.8. The zero-order valence-corrected chi connectivity index (χ0v) is 14.1. The second-order valence-electron chi connectivity index (χ2n) is 6.76. The van der Waals surface area contributed by atoms with E-state index in [9.17, 15) is 4.79 Å². The van der Waals surface area contributed by atoms with Crippen LogP contribution in [0.3, 0.4) is 0 Å². The van der Waals surface area contributed by atoms with Gasteiger partial charge in [0.2, 0.25) is 0 Å². The maximum Gasteiger partial charge on any atom is 0.259 e. The van der Waals surface area contributed by atoms with Gasteiger partial charge < -0.3 is 15.2 Å². The molecule has 1 aliphatic rings. The number of hydrogen-bond donors (Lipinski definition) is 2. The van der Waals surface area contributed by atoms with Crippen LogP contribution in [0.25, 0.3) is 11.1 Å². The highest BCUT2D eigenvalue weighted by atomic mass is 16.5. The summed E-state index contributed by atoms with van der Waals surface area (Å²) < 4.78 is 5.34. The number of aryl methyl sites for hydroxylation is 1. The molecule has 1 amide bonds. The summed E-state index contributed by atoms with van der Waals surface area (Å²) >= 11 is 0. The van der Waals surface area contributed by atoms with Crippen molar-refractivity contribution >= 4 is 17.0 Å². The van der Waals surface area contributed by atoms with Gasteiger partial charge in [0.15, 0.2) is 0 Å². The molecule has 0 aromatic carbocycles. The van der Waals surface area contributed by atoms with E-state index in [0.29, 0.717) is 17.2 Å². The average molecular weight is 316 g/mol. The van der Waals surface area contributed by atoms with Crippen molar-refractivity contribution in [2.24, 2.45) is 5.92 Å². The topological polar surface area (TPSA) is 80.0 Å². The first-order valence-corrected chi connectivity index (χ1v) is 8.26. The van der Waals surface area contributed by atoms with Gasteiger partial charge in [0.1, 0.15) is 0 Å². The van der Waals surface area contributed by atoms with Gasteiger partial charge in [-0.1, -0.05) is 25.9 Å². The van der Waals surface area contributed by atoms with Crippen LogP contribution >= 0.6 is 0 Å². The number of piperidine rings is 1. The maximum absolute atomic E-state index is 12.9. The quantitative estimate of drug-likeness (QED) is 0.909. The SMILES string of the molecule is Cc1cc(C(=O)NC2CNCCC2C)c2c(C(C)C)noc2n1. The summed E-state index contributed by atoms with van der Waals surface area (Å²) in [5, 5.41) is 11.3.